The lowest BCUT2D eigenvalue weighted by Gasteiger charge is -2.33. The Balaban J connectivity index is 1.70. The molecule has 132 valence electrons. The van der Waals surface area contributed by atoms with Crippen LogP contribution in [0, 0.1) is 11.6 Å². The maximum Gasteiger partial charge on any atom is 0.220 e. The number of carbonyl (C=O) groups excluding carboxylic acids is 2. The molecule has 1 aliphatic rings. The van der Waals surface area contributed by atoms with E-state index < -0.39 is 17.4 Å². The summed E-state index contributed by atoms with van der Waals surface area (Å²) in [4.78, 5) is 26.1. The van der Waals surface area contributed by atoms with Gasteiger partial charge in [0.15, 0.2) is 5.78 Å². The van der Waals surface area contributed by atoms with Gasteiger partial charge in [0.05, 0.1) is 5.56 Å². The van der Waals surface area contributed by atoms with Gasteiger partial charge in [-0.05, 0) is 38.4 Å². The highest BCUT2D eigenvalue weighted by Crippen LogP contribution is 2.15. The molecule has 1 aromatic carbocycles. The van der Waals surface area contributed by atoms with Gasteiger partial charge in [-0.25, -0.2) is 8.78 Å². The van der Waals surface area contributed by atoms with Gasteiger partial charge >= 0.3 is 0 Å². The minimum absolute atomic E-state index is 0.00516. The van der Waals surface area contributed by atoms with Crippen LogP contribution in [0.3, 0.4) is 0 Å². The predicted molar refractivity (Wildman–Crippen MR) is 87.8 cm³/mol. The molecule has 0 radical (unpaired) electrons. The lowest BCUT2D eigenvalue weighted by Crippen LogP contribution is -2.42. The molecule has 0 spiro atoms. The van der Waals surface area contributed by atoms with Crippen molar-refractivity contribution < 1.29 is 18.4 Å². The van der Waals surface area contributed by atoms with Gasteiger partial charge in [0, 0.05) is 38.0 Å². The normalized spacial score (nSPS) is 18.4. The lowest BCUT2D eigenvalue weighted by atomic mass is 10.0. The van der Waals surface area contributed by atoms with Crippen molar-refractivity contribution in [3.05, 3.63) is 35.4 Å². The largest absolute Gasteiger partial charge is 0.355 e. The molecule has 1 aliphatic heterocycles. The van der Waals surface area contributed by atoms with Gasteiger partial charge in [-0.15, -0.1) is 0 Å². The average molecular weight is 338 g/mol. The Labute approximate surface area is 141 Å². The highest BCUT2D eigenvalue weighted by atomic mass is 19.1. The summed E-state index contributed by atoms with van der Waals surface area (Å²) in [5.41, 5.74) is -0.175. The Bertz CT molecular complexity index is 592. The van der Waals surface area contributed by atoms with E-state index in [-0.39, 0.29) is 24.3 Å². The van der Waals surface area contributed by atoms with Crippen molar-refractivity contribution in [2.75, 3.05) is 19.6 Å². The molecular formula is C18H24F2N2O2. The molecule has 0 aliphatic carbocycles. The van der Waals surface area contributed by atoms with Gasteiger partial charge in [0.1, 0.15) is 11.6 Å². The molecule has 1 N–H and O–H groups in total. The summed E-state index contributed by atoms with van der Waals surface area (Å²) in [5, 5.41) is 2.79. The molecule has 0 bridgehead atoms. The van der Waals surface area contributed by atoms with Crippen LogP contribution < -0.4 is 5.32 Å². The molecule has 1 aromatic rings. The SMILES string of the molecule is C[C@@H]1CCCCN1CCNC(=O)CCC(=O)c1ccc(F)cc1F. The van der Waals surface area contributed by atoms with Crippen molar-refractivity contribution in [3.63, 3.8) is 0 Å². The Morgan fingerprint density at radius 3 is 2.75 bits per heavy atom. The first-order valence-electron chi connectivity index (χ1n) is 8.46. The molecule has 1 fully saturated rings. The number of piperidine rings is 1. The molecule has 0 aromatic heterocycles. The van der Waals surface area contributed by atoms with E-state index in [4.69, 9.17) is 0 Å². The Kier molecular flexibility index (Phi) is 6.85. The number of nitrogens with zero attached hydrogens (tertiary/aromatic N) is 1. The molecule has 2 rings (SSSR count). The molecular weight excluding hydrogens is 314 g/mol. The Hall–Kier alpha value is -1.82. The van der Waals surface area contributed by atoms with E-state index in [0.29, 0.717) is 18.7 Å². The summed E-state index contributed by atoms with van der Waals surface area (Å²) in [6, 6.07) is 3.37. The summed E-state index contributed by atoms with van der Waals surface area (Å²) in [5.74, 6) is -2.34. The number of likely N-dealkylation sites (tertiary alicyclic amines) is 1. The summed E-state index contributed by atoms with van der Waals surface area (Å²) in [6.45, 7) is 4.59. The number of halogens is 2. The quantitative estimate of drug-likeness (QED) is 0.778. The van der Waals surface area contributed by atoms with Gasteiger partial charge < -0.3 is 5.32 Å². The number of ketones is 1. The molecule has 1 saturated heterocycles. The van der Waals surface area contributed by atoms with Crippen LogP contribution in [0.5, 0.6) is 0 Å². The van der Waals surface area contributed by atoms with Crippen LogP contribution >= 0.6 is 0 Å². The van der Waals surface area contributed by atoms with Crippen molar-refractivity contribution in [2.45, 2.75) is 45.1 Å². The maximum absolute atomic E-state index is 13.5. The fraction of sp³-hybridized carbons (Fsp3) is 0.556. The summed E-state index contributed by atoms with van der Waals surface area (Å²) in [7, 11) is 0. The third-order valence-electron chi connectivity index (χ3n) is 4.47. The molecule has 1 amide bonds. The van der Waals surface area contributed by atoms with Crippen molar-refractivity contribution >= 4 is 11.7 Å². The minimum Gasteiger partial charge on any atom is -0.355 e. The maximum atomic E-state index is 13.5. The zero-order valence-electron chi connectivity index (χ0n) is 14.0. The number of amides is 1. The topological polar surface area (TPSA) is 49.4 Å². The van der Waals surface area contributed by atoms with Gasteiger partial charge in [-0.2, -0.15) is 0 Å². The average Bonchev–Trinajstić information content (AvgIpc) is 2.54. The molecule has 24 heavy (non-hydrogen) atoms. The van der Waals surface area contributed by atoms with E-state index in [1.54, 1.807) is 0 Å². The summed E-state index contributed by atoms with van der Waals surface area (Å²) < 4.78 is 26.3. The molecule has 1 heterocycles. The second-order valence-electron chi connectivity index (χ2n) is 6.28. The Morgan fingerprint density at radius 2 is 2.04 bits per heavy atom. The molecule has 0 unspecified atom stereocenters. The van der Waals surface area contributed by atoms with Gasteiger partial charge in [0.2, 0.25) is 5.91 Å². The van der Waals surface area contributed by atoms with E-state index in [1.165, 1.54) is 19.3 Å². The summed E-state index contributed by atoms with van der Waals surface area (Å²) in [6.07, 6.45) is 3.55. The van der Waals surface area contributed by atoms with Crippen LogP contribution in [0.25, 0.3) is 0 Å². The number of benzene rings is 1. The van der Waals surface area contributed by atoms with Crippen LogP contribution in [0.2, 0.25) is 0 Å². The van der Waals surface area contributed by atoms with Crippen molar-refractivity contribution in [1.82, 2.24) is 10.2 Å². The highest BCUT2D eigenvalue weighted by molar-refractivity contribution is 5.98. The fourth-order valence-corrected chi connectivity index (χ4v) is 2.99. The number of carbonyl (C=O) groups is 2. The standard InChI is InChI=1S/C18H24F2N2O2/c1-13-4-2-3-10-22(13)11-9-21-18(24)8-7-17(23)15-6-5-14(19)12-16(15)20/h5-6,12-13H,2-4,7-11H2,1H3,(H,21,24)/t13-/m1/s1. The molecule has 1 atom stereocenters. The van der Waals surface area contributed by atoms with Crippen molar-refractivity contribution in [1.29, 1.82) is 0 Å². The van der Waals surface area contributed by atoms with Gasteiger partial charge in [0.25, 0.3) is 0 Å². The van der Waals surface area contributed by atoms with Gasteiger partial charge in [-0.3, -0.25) is 14.5 Å². The number of hydrogen-bond acceptors (Lipinski definition) is 3. The van der Waals surface area contributed by atoms with E-state index >= 15 is 0 Å². The molecule has 4 nitrogen and oxygen atoms in total. The monoisotopic (exact) mass is 338 g/mol. The van der Waals surface area contributed by atoms with Crippen LogP contribution in [-0.2, 0) is 4.79 Å². The number of hydrogen-bond donors (Lipinski definition) is 1. The van der Waals surface area contributed by atoms with Crippen LogP contribution in [0.1, 0.15) is 49.4 Å². The first kappa shape index (κ1) is 18.5. The highest BCUT2D eigenvalue weighted by Gasteiger charge is 2.18. The zero-order valence-corrected chi connectivity index (χ0v) is 14.0. The first-order chi connectivity index (χ1) is 11.5. The van der Waals surface area contributed by atoms with Crippen LogP contribution in [0.4, 0.5) is 8.78 Å². The second kappa shape index (κ2) is 8.87. The zero-order chi connectivity index (χ0) is 17.5. The fourth-order valence-electron chi connectivity index (χ4n) is 2.99. The van der Waals surface area contributed by atoms with Crippen molar-refractivity contribution in [2.24, 2.45) is 0 Å². The van der Waals surface area contributed by atoms with E-state index in [2.05, 4.69) is 17.1 Å². The predicted octanol–water partition coefficient (Wildman–Crippen LogP) is 2.92. The number of nitrogens with one attached hydrogen (secondary N) is 1. The van der Waals surface area contributed by atoms with E-state index in [1.807, 2.05) is 0 Å². The Morgan fingerprint density at radius 1 is 1.25 bits per heavy atom. The minimum atomic E-state index is -0.889. The number of Topliss-reactive ketones (excluding diaryl/α,β-unsaturated/α-hetero) is 1. The first-order valence-corrected chi connectivity index (χ1v) is 8.46. The molecule has 0 saturated carbocycles. The third kappa shape index (κ3) is 5.37. The van der Waals surface area contributed by atoms with Gasteiger partial charge in [-0.1, -0.05) is 6.42 Å². The van der Waals surface area contributed by atoms with E-state index in [0.717, 1.165) is 25.2 Å². The smallest absolute Gasteiger partial charge is 0.220 e. The number of rotatable bonds is 7. The van der Waals surface area contributed by atoms with Crippen LogP contribution in [-0.4, -0.2) is 42.3 Å². The van der Waals surface area contributed by atoms with E-state index in [9.17, 15) is 18.4 Å². The third-order valence-corrected chi connectivity index (χ3v) is 4.47. The molecule has 6 heteroatoms. The van der Waals surface area contributed by atoms with Crippen molar-refractivity contribution in [3.8, 4) is 0 Å². The summed E-state index contributed by atoms with van der Waals surface area (Å²) >= 11 is 0. The van der Waals surface area contributed by atoms with Crippen LogP contribution in [0.15, 0.2) is 18.2 Å². The lowest BCUT2D eigenvalue weighted by molar-refractivity contribution is -0.121. The second-order valence-corrected chi connectivity index (χ2v) is 6.28.